The fourth-order valence-electron chi connectivity index (χ4n) is 3.96. The Kier molecular flexibility index (Phi) is 5.72. The van der Waals surface area contributed by atoms with Crippen LogP contribution in [0.2, 0.25) is 0 Å². The lowest BCUT2D eigenvalue weighted by atomic mass is 9.89. The number of hydrogen-bond donors (Lipinski definition) is 2. The first-order chi connectivity index (χ1) is 13.9. The molecule has 0 spiro atoms. The van der Waals surface area contributed by atoms with E-state index in [2.05, 4.69) is 22.2 Å². The standard InChI is InChI=1S/C21H27N3O4S/c1-11-3-6-14-15(9-11)29-21-19(14)20(27)23-16(24-21)7-8-18(26)28-10-17(25)22-12(2)13-4-5-13/h11-13H,3-10H2,1-2H3,(H,22,25)(H,23,24,27)/t11-,12-/m1/s1. The van der Waals surface area contributed by atoms with Crippen LogP contribution in [0.15, 0.2) is 4.79 Å². The van der Waals surface area contributed by atoms with Crippen molar-refractivity contribution in [1.29, 1.82) is 0 Å². The number of rotatable bonds is 7. The van der Waals surface area contributed by atoms with Crippen LogP contribution in [0.1, 0.15) is 55.8 Å². The van der Waals surface area contributed by atoms with Crippen LogP contribution in [0, 0.1) is 11.8 Å². The Bertz CT molecular complexity index is 992. The fraction of sp³-hybridized carbons (Fsp3) is 0.619. The maximum atomic E-state index is 12.6. The van der Waals surface area contributed by atoms with E-state index < -0.39 is 5.97 Å². The van der Waals surface area contributed by atoms with E-state index in [9.17, 15) is 14.4 Å². The molecule has 2 aromatic rings. The first-order valence-corrected chi connectivity index (χ1v) is 11.2. The average Bonchev–Trinajstić information content (AvgIpc) is 3.46. The Balaban J connectivity index is 1.33. The number of aromatic amines is 1. The zero-order valence-corrected chi connectivity index (χ0v) is 17.7. The number of H-pyrrole nitrogens is 1. The zero-order valence-electron chi connectivity index (χ0n) is 16.9. The molecule has 1 amide bonds. The molecule has 1 saturated carbocycles. The molecule has 0 radical (unpaired) electrons. The summed E-state index contributed by atoms with van der Waals surface area (Å²) >= 11 is 1.59. The summed E-state index contributed by atoms with van der Waals surface area (Å²) in [6.45, 7) is 3.93. The Morgan fingerprint density at radius 1 is 1.34 bits per heavy atom. The van der Waals surface area contributed by atoms with Gasteiger partial charge in [0.2, 0.25) is 0 Å². The highest BCUT2D eigenvalue weighted by molar-refractivity contribution is 7.18. The van der Waals surface area contributed by atoms with Crippen LogP contribution in [0.25, 0.3) is 10.2 Å². The van der Waals surface area contributed by atoms with Crippen molar-refractivity contribution in [2.24, 2.45) is 11.8 Å². The van der Waals surface area contributed by atoms with Gasteiger partial charge in [0.25, 0.3) is 11.5 Å². The number of nitrogens with zero attached hydrogens (tertiary/aromatic N) is 1. The smallest absolute Gasteiger partial charge is 0.306 e. The highest BCUT2D eigenvalue weighted by Crippen LogP contribution is 2.35. The summed E-state index contributed by atoms with van der Waals surface area (Å²) in [5.41, 5.74) is 1.02. The second-order valence-electron chi connectivity index (χ2n) is 8.40. The number of carbonyl (C=O) groups is 2. The molecule has 4 rings (SSSR count). The predicted octanol–water partition coefficient (Wildman–Crippen LogP) is 2.50. The fourth-order valence-corrected chi connectivity index (χ4v) is 5.36. The molecule has 0 saturated heterocycles. The molecule has 2 aliphatic rings. The number of carbonyl (C=O) groups excluding carboxylic acids is 2. The largest absolute Gasteiger partial charge is 0.456 e. The van der Waals surface area contributed by atoms with Crippen molar-refractivity contribution in [1.82, 2.24) is 15.3 Å². The third kappa shape index (κ3) is 4.69. The van der Waals surface area contributed by atoms with Gasteiger partial charge in [-0.05, 0) is 56.4 Å². The van der Waals surface area contributed by atoms with E-state index in [1.807, 2.05) is 6.92 Å². The Morgan fingerprint density at radius 3 is 2.90 bits per heavy atom. The van der Waals surface area contributed by atoms with E-state index in [4.69, 9.17) is 4.74 Å². The second kappa shape index (κ2) is 8.26. The SMILES string of the molecule is C[C@@H]1CCc2c(sc3nc(CCC(=O)OCC(=O)N[C@H](C)C4CC4)[nH]c(=O)c23)C1. The number of nitrogens with one attached hydrogen (secondary N) is 2. The minimum Gasteiger partial charge on any atom is -0.456 e. The monoisotopic (exact) mass is 417 g/mol. The highest BCUT2D eigenvalue weighted by atomic mass is 32.1. The molecule has 0 aliphatic heterocycles. The van der Waals surface area contributed by atoms with Gasteiger partial charge in [0, 0.05) is 17.3 Å². The van der Waals surface area contributed by atoms with Crippen LogP contribution in [0.3, 0.4) is 0 Å². The van der Waals surface area contributed by atoms with Gasteiger partial charge in [-0.3, -0.25) is 14.4 Å². The number of hydrogen-bond acceptors (Lipinski definition) is 6. The van der Waals surface area contributed by atoms with Gasteiger partial charge >= 0.3 is 5.97 Å². The Labute approximate surface area is 173 Å². The van der Waals surface area contributed by atoms with Crippen molar-refractivity contribution in [3.63, 3.8) is 0 Å². The van der Waals surface area contributed by atoms with Crippen LogP contribution in [0.5, 0.6) is 0 Å². The first-order valence-electron chi connectivity index (χ1n) is 10.4. The van der Waals surface area contributed by atoms with Crippen LogP contribution >= 0.6 is 11.3 Å². The molecule has 0 unspecified atom stereocenters. The average molecular weight is 418 g/mol. The number of amides is 1. The molecule has 29 heavy (non-hydrogen) atoms. The molecular formula is C21H27N3O4S. The van der Waals surface area contributed by atoms with Crippen molar-refractivity contribution in [2.75, 3.05) is 6.61 Å². The van der Waals surface area contributed by atoms with Gasteiger partial charge < -0.3 is 15.0 Å². The molecule has 2 aliphatic carbocycles. The first kappa shape index (κ1) is 20.1. The van der Waals surface area contributed by atoms with E-state index in [0.29, 0.717) is 23.0 Å². The Hall–Kier alpha value is -2.22. The van der Waals surface area contributed by atoms with E-state index in [1.54, 1.807) is 11.3 Å². The zero-order chi connectivity index (χ0) is 20.5. The van der Waals surface area contributed by atoms with Gasteiger partial charge in [0.15, 0.2) is 6.61 Å². The molecule has 8 heteroatoms. The van der Waals surface area contributed by atoms with E-state index >= 15 is 0 Å². The van der Waals surface area contributed by atoms with Gasteiger partial charge in [-0.1, -0.05) is 6.92 Å². The molecule has 1 fully saturated rings. The lowest BCUT2D eigenvalue weighted by Crippen LogP contribution is -2.37. The molecule has 2 N–H and O–H groups in total. The van der Waals surface area contributed by atoms with Crippen molar-refractivity contribution < 1.29 is 14.3 Å². The maximum Gasteiger partial charge on any atom is 0.306 e. The van der Waals surface area contributed by atoms with Crippen LogP contribution in [0.4, 0.5) is 0 Å². The topological polar surface area (TPSA) is 101 Å². The molecule has 2 aromatic heterocycles. The van der Waals surface area contributed by atoms with E-state index in [1.165, 1.54) is 4.88 Å². The summed E-state index contributed by atoms with van der Waals surface area (Å²) in [5.74, 6) is 0.926. The summed E-state index contributed by atoms with van der Waals surface area (Å²) < 4.78 is 5.05. The van der Waals surface area contributed by atoms with E-state index in [-0.39, 0.29) is 37.0 Å². The predicted molar refractivity (Wildman–Crippen MR) is 111 cm³/mol. The molecule has 0 aromatic carbocycles. The van der Waals surface area contributed by atoms with Gasteiger partial charge in [-0.25, -0.2) is 4.98 Å². The van der Waals surface area contributed by atoms with Gasteiger partial charge in [-0.15, -0.1) is 11.3 Å². The maximum absolute atomic E-state index is 12.6. The van der Waals surface area contributed by atoms with Crippen LogP contribution in [-0.4, -0.2) is 34.5 Å². The summed E-state index contributed by atoms with van der Waals surface area (Å²) in [4.78, 5) is 45.8. The van der Waals surface area contributed by atoms with Crippen molar-refractivity contribution in [3.05, 3.63) is 26.6 Å². The summed E-state index contributed by atoms with van der Waals surface area (Å²) in [7, 11) is 0. The highest BCUT2D eigenvalue weighted by Gasteiger charge is 2.29. The normalized spacial score (nSPS) is 19.6. The third-order valence-electron chi connectivity index (χ3n) is 5.86. The van der Waals surface area contributed by atoms with Crippen LogP contribution < -0.4 is 10.9 Å². The summed E-state index contributed by atoms with van der Waals surface area (Å²) in [6, 6.07) is 0.127. The lowest BCUT2D eigenvalue weighted by molar-refractivity contribution is -0.148. The number of thiophene rings is 1. The van der Waals surface area contributed by atoms with Crippen molar-refractivity contribution >= 4 is 33.4 Å². The molecular weight excluding hydrogens is 390 g/mol. The van der Waals surface area contributed by atoms with Crippen molar-refractivity contribution in [2.45, 2.75) is 64.8 Å². The summed E-state index contributed by atoms with van der Waals surface area (Å²) in [6.07, 6.45) is 5.66. The van der Waals surface area contributed by atoms with Gasteiger partial charge in [0.1, 0.15) is 10.7 Å². The van der Waals surface area contributed by atoms with Gasteiger partial charge in [0.05, 0.1) is 11.8 Å². The minimum atomic E-state index is -0.471. The number of fused-ring (bicyclic) bond motifs is 3. The number of aryl methyl sites for hydroxylation is 2. The number of ether oxygens (including phenoxy) is 1. The second-order valence-corrected chi connectivity index (χ2v) is 9.48. The Morgan fingerprint density at radius 2 is 2.14 bits per heavy atom. The molecule has 7 nitrogen and oxygen atoms in total. The van der Waals surface area contributed by atoms with Crippen molar-refractivity contribution in [3.8, 4) is 0 Å². The quantitative estimate of drug-likeness (QED) is 0.674. The lowest BCUT2D eigenvalue weighted by Gasteiger charge is -2.17. The van der Waals surface area contributed by atoms with Crippen LogP contribution in [-0.2, 0) is 33.6 Å². The minimum absolute atomic E-state index is 0.0715. The number of aromatic nitrogens is 2. The van der Waals surface area contributed by atoms with E-state index in [0.717, 1.165) is 42.5 Å². The number of esters is 1. The molecule has 0 bridgehead atoms. The van der Waals surface area contributed by atoms with Gasteiger partial charge in [-0.2, -0.15) is 0 Å². The molecule has 156 valence electrons. The summed E-state index contributed by atoms with van der Waals surface area (Å²) in [5, 5.41) is 3.56. The molecule has 2 atom stereocenters. The molecule has 2 heterocycles. The third-order valence-corrected chi connectivity index (χ3v) is 7.01.